The quantitative estimate of drug-likeness (QED) is 0.467. The first kappa shape index (κ1) is 13.5. The van der Waals surface area contributed by atoms with Gasteiger partial charge in [0.15, 0.2) is 10.8 Å². The number of imidazole rings is 1. The Hall–Kier alpha value is -1.53. The lowest BCUT2D eigenvalue weighted by Crippen LogP contribution is -2.26. The molecule has 106 valence electrons. The van der Waals surface area contributed by atoms with Crippen molar-refractivity contribution >= 4 is 43.5 Å². The average molecular weight is 330 g/mol. The maximum Gasteiger partial charge on any atom is 0.260 e. The first-order chi connectivity index (χ1) is 9.62. The molecule has 0 unspecified atom stereocenters. The summed E-state index contributed by atoms with van der Waals surface area (Å²) in [6, 6.07) is 0. The minimum Gasteiger partial charge on any atom is -0.306 e. The Morgan fingerprint density at radius 2 is 2.20 bits per heavy atom. The summed E-state index contributed by atoms with van der Waals surface area (Å²) in [5, 5.41) is 4.21. The molecule has 11 heteroatoms. The van der Waals surface area contributed by atoms with Crippen LogP contribution < -0.4 is 16.0 Å². The van der Waals surface area contributed by atoms with Crippen molar-refractivity contribution in [2.45, 2.75) is 11.6 Å². The SMILES string of the molecule is NNc1nc2sccn2c1S(=O)(=O)NCc1nccs1. The maximum atomic E-state index is 12.4. The van der Waals surface area contributed by atoms with E-state index in [9.17, 15) is 8.42 Å². The van der Waals surface area contributed by atoms with Gasteiger partial charge in [-0.1, -0.05) is 0 Å². The summed E-state index contributed by atoms with van der Waals surface area (Å²) in [6.07, 6.45) is 3.25. The second kappa shape index (κ2) is 5.10. The number of nitrogens with one attached hydrogen (secondary N) is 2. The van der Waals surface area contributed by atoms with E-state index >= 15 is 0 Å². The number of fused-ring (bicyclic) bond motifs is 1. The molecule has 0 fully saturated rings. The topological polar surface area (TPSA) is 114 Å². The van der Waals surface area contributed by atoms with Crippen molar-refractivity contribution in [1.82, 2.24) is 19.1 Å². The highest BCUT2D eigenvalue weighted by atomic mass is 32.2. The van der Waals surface area contributed by atoms with Crippen molar-refractivity contribution in [3.05, 3.63) is 28.2 Å². The van der Waals surface area contributed by atoms with Crippen LogP contribution in [-0.4, -0.2) is 22.8 Å². The van der Waals surface area contributed by atoms with E-state index in [2.05, 4.69) is 20.1 Å². The number of aromatic nitrogens is 3. The maximum absolute atomic E-state index is 12.4. The van der Waals surface area contributed by atoms with E-state index in [-0.39, 0.29) is 17.4 Å². The molecule has 0 saturated carbocycles. The van der Waals surface area contributed by atoms with Crippen LogP contribution in [0.5, 0.6) is 0 Å². The second-order valence-electron chi connectivity index (χ2n) is 3.72. The zero-order valence-corrected chi connectivity index (χ0v) is 12.4. The molecule has 4 N–H and O–H groups in total. The van der Waals surface area contributed by atoms with E-state index in [1.54, 1.807) is 23.2 Å². The predicted molar refractivity (Wildman–Crippen MR) is 77.0 cm³/mol. The van der Waals surface area contributed by atoms with Crippen molar-refractivity contribution in [3.8, 4) is 0 Å². The Kier molecular flexibility index (Phi) is 3.43. The number of nitrogens with two attached hydrogens (primary N) is 1. The normalized spacial score (nSPS) is 12.1. The highest BCUT2D eigenvalue weighted by molar-refractivity contribution is 7.89. The Morgan fingerprint density at radius 3 is 2.90 bits per heavy atom. The molecule has 0 bridgehead atoms. The molecule has 0 atom stereocenters. The summed E-state index contributed by atoms with van der Waals surface area (Å²) in [4.78, 5) is 8.69. The monoisotopic (exact) mass is 330 g/mol. The molecule has 0 amide bonds. The summed E-state index contributed by atoms with van der Waals surface area (Å²) >= 11 is 2.70. The van der Waals surface area contributed by atoms with Gasteiger partial charge in [-0.3, -0.25) is 4.40 Å². The highest BCUT2D eigenvalue weighted by Crippen LogP contribution is 2.25. The van der Waals surface area contributed by atoms with Crippen molar-refractivity contribution in [2.24, 2.45) is 5.84 Å². The summed E-state index contributed by atoms with van der Waals surface area (Å²) in [5.41, 5.74) is 2.31. The van der Waals surface area contributed by atoms with Gasteiger partial charge in [-0.25, -0.2) is 24.0 Å². The average Bonchev–Trinajstić information content (AvgIpc) is 3.11. The third kappa shape index (κ3) is 2.29. The lowest BCUT2D eigenvalue weighted by Gasteiger charge is -2.06. The van der Waals surface area contributed by atoms with Gasteiger partial charge in [-0.05, 0) is 0 Å². The van der Waals surface area contributed by atoms with Crippen LogP contribution in [0.3, 0.4) is 0 Å². The lowest BCUT2D eigenvalue weighted by atomic mass is 10.7. The molecule has 3 rings (SSSR count). The minimum atomic E-state index is -3.75. The number of nitrogens with zero attached hydrogens (tertiary/aromatic N) is 3. The third-order valence-corrected chi connectivity index (χ3v) is 5.47. The number of hydrogen-bond donors (Lipinski definition) is 3. The van der Waals surface area contributed by atoms with E-state index < -0.39 is 10.0 Å². The van der Waals surface area contributed by atoms with Gasteiger partial charge in [0.2, 0.25) is 5.03 Å². The standard InChI is InChI=1S/C9H10N6O2S3/c10-14-7-8(15-2-4-19-9(15)13-7)20(16,17)12-5-6-11-1-3-18-6/h1-4,12,14H,5,10H2. The van der Waals surface area contributed by atoms with Gasteiger partial charge in [0, 0.05) is 23.2 Å². The summed E-state index contributed by atoms with van der Waals surface area (Å²) < 4.78 is 28.8. The molecule has 0 aliphatic rings. The first-order valence-corrected chi connectivity index (χ1v) is 8.66. The first-order valence-electron chi connectivity index (χ1n) is 5.42. The van der Waals surface area contributed by atoms with E-state index in [1.165, 1.54) is 27.1 Å². The summed E-state index contributed by atoms with van der Waals surface area (Å²) in [5.74, 6) is 5.45. The molecule has 0 aliphatic heterocycles. The van der Waals surface area contributed by atoms with Gasteiger partial charge in [0.1, 0.15) is 5.01 Å². The largest absolute Gasteiger partial charge is 0.306 e. The zero-order chi connectivity index (χ0) is 14.2. The van der Waals surface area contributed by atoms with Gasteiger partial charge in [-0.2, -0.15) is 4.98 Å². The van der Waals surface area contributed by atoms with Crippen molar-refractivity contribution in [3.63, 3.8) is 0 Å². The fraction of sp³-hybridized carbons (Fsp3) is 0.111. The predicted octanol–water partition coefficient (Wildman–Crippen LogP) is 0.616. The molecule has 3 heterocycles. The molecule has 0 radical (unpaired) electrons. The van der Waals surface area contributed by atoms with Crippen LogP contribution in [-0.2, 0) is 16.6 Å². The van der Waals surface area contributed by atoms with Crippen molar-refractivity contribution < 1.29 is 8.42 Å². The van der Waals surface area contributed by atoms with Gasteiger partial charge in [-0.15, -0.1) is 22.7 Å². The van der Waals surface area contributed by atoms with Gasteiger partial charge >= 0.3 is 0 Å². The lowest BCUT2D eigenvalue weighted by molar-refractivity contribution is 0.576. The molecule has 0 spiro atoms. The van der Waals surface area contributed by atoms with E-state index in [4.69, 9.17) is 5.84 Å². The minimum absolute atomic E-state index is 0.00666. The fourth-order valence-electron chi connectivity index (χ4n) is 1.68. The molecule has 3 aromatic heterocycles. The number of nitrogen functional groups attached to an aromatic ring is 1. The van der Waals surface area contributed by atoms with Crippen molar-refractivity contribution in [1.29, 1.82) is 0 Å². The van der Waals surface area contributed by atoms with Crippen LogP contribution in [0.2, 0.25) is 0 Å². The third-order valence-electron chi connectivity index (χ3n) is 2.51. The summed E-state index contributed by atoms with van der Waals surface area (Å²) in [7, 11) is -3.75. The van der Waals surface area contributed by atoms with Crippen molar-refractivity contribution in [2.75, 3.05) is 5.43 Å². The van der Waals surface area contributed by atoms with E-state index in [0.717, 1.165) is 0 Å². The number of sulfonamides is 1. The molecule has 20 heavy (non-hydrogen) atoms. The molecular formula is C9H10N6O2S3. The van der Waals surface area contributed by atoms with Crippen LogP contribution in [0.25, 0.3) is 4.96 Å². The highest BCUT2D eigenvalue weighted by Gasteiger charge is 2.25. The Bertz CT molecular complexity index is 819. The molecule has 0 saturated heterocycles. The number of hydrogen-bond acceptors (Lipinski definition) is 8. The van der Waals surface area contributed by atoms with Gasteiger partial charge in [0.25, 0.3) is 10.0 Å². The van der Waals surface area contributed by atoms with Crippen LogP contribution >= 0.6 is 22.7 Å². The van der Waals surface area contributed by atoms with Crippen LogP contribution in [0, 0.1) is 0 Å². The number of rotatable bonds is 5. The molecule has 0 aromatic carbocycles. The molecule has 8 nitrogen and oxygen atoms in total. The number of hydrazine groups is 1. The smallest absolute Gasteiger partial charge is 0.260 e. The fourth-order valence-corrected chi connectivity index (χ4v) is 4.33. The van der Waals surface area contributed by atoms with Gasteiger partial charge < -0.3 is 5.43 Å². The van der Waals surface area contributed by atoms with Crippen LogP contribution in [0.1, 0.15) is 5.01 Å². The zero-order valence-electron chi connectivity index (χ0n) is 9.98. The van der Waals surface area contributed by atoms with E-state index in [0.29, 0.717) is 9.97 Å². The molecule has 3 aromatic rings. The van der Waals surface area contributed by atoms with E-state index in [1.807, 2.05) is 0 Å². The van der Waals surface area contributed by atoms with Crippen LogP contribution in [0.4, 0.5) is 5.82 Å². The second-order valence-corrected chi connectivity index (χ2v) is 7.25. The van der Waals surface area contributed by atoms with Gasteiger partial charge in [0.05, 0.1) is 6.54 Å². The number of thiazole rings is 2. The Morgan fingerprint density at radius 1 is 1.35 bits per heavy atom. The molecular weight excluding hydrogens is 320 g/mol. The molecule has 0 aliphatic carbocycles. The Balaban J connectivity index is 1.97. The summed E-state index contributed by atoms with van der Waals surface area (Å²) in [6.45, 7) is 0.126. The number of anilines is 1. The Labute approximate surface area is 122 Å². The van der Waals surface area contributed by atoms with Crippen LogP contribution in [0.15, 0.2) is 28.2 Å².